The summed E-state index contributed by atoms with van der Waals surface area (Å²) >= 11 is 0. The summed E-state index contributed by atoms with van der Waals surface area (Å²) in [6, 6.07) is 3.60. The molecule has 0 saturated heterocycles. The van der Waals surface area contributed by atoms with Gasteiger partial charge in [0.05, 0.1) is 0 Å². The molecule has 1 aromatic heterocycles. The Morgan fingerprint density at radius 1 is 1.69 bits per heavy atom. The molecule has 0 aromatic carbocycles. The van der Waals surface area contributed by atoms with E-state index in [1.165, 1.54) is 0 Å². The molecule has 1 heterocycles. The van der Waals surface area contributed by atoms with Crippen LogP contribution in [0.1, 0.15) is 6.92 Å². The SMILES string of the molecule is C#CCOc1ccnc(NCC)c1. The van der Waals surface area contributed by atoms with Gasteiger partial charge in [0, 0.05) is 18.8 Å². The lowest BCUT2D eigenvalue weighted by atomic mass is 10.4. The van der Waals surface area contributed by atoms with Crippen LogP contribution in [0.3, 0.4) is 0 Å². The van der Waals surface area contributed by atoms with Crippen LogP contribution in [0.5, 0.6) is 5.75 Å². The van der Waals surface area contributed by atoms with E-state index in [4.69, 9.17) is 11.2 Å². The molecule has 3 heteroatoms. The summed E-state index contributed by atoms with van der Waals surface area (Å²) in [5, 5.41) is 3.08. The van der Waals surface area contributed by atoms with Gasteiger partial charge in [0.15, 0.2) is 0 Å². The summed E-state index contributed by atoms with van der Waals surface area (Å²) in [6.45, 7) is 3.14. The third-order valence-electron chi connectivity index (χ3n) is 1.41. The topological polar surface area (TPSA) is 34.1 Å². The van der Waals surface area contributed by atoms with Gasteiger partial charge in [0.25, 0.3) is 0 Å². The molecule has 0 amide bonds. The van der Waals surface area contributed by atoms with Crippen LogP contribution in [0.4, 0.5) is 5.82 Å². The molecule has 0 saturated carbocycles. The Balaban J connectivity index is 2.63. The molecule has 1 N–H and O–H groups in total. The maximum absolute atomic E-state index is 5.23. The van der Waals surface area contributed by atoms with E-state index in [1.807, 2.05) is 13.0 Å². The summed E-state index contributed by atoms with van der Waals surface area (Å²) in [4.78, 5) is 4.09. The molecule has 0 aliphatic heterocycles. The van der Waals surface area contributed by atoms with Gasteiger partial charge >= 0.3 is 0 Å². The van der Waals surface area contributed by atoms with Crippen molar-refractivity contribution in [3.05, 3.63) is 18.3 Å². The fraction of sp³-hybridized carbons (Fsp3) is 0.300. The maximum atomic E-state index is 5.23. The van der Waals surface area contributed by atoms with Crippen LogP contribution >= 0.6 is 0 Å². The monoisotopic (exact) mass is 176 g/mol. The Morgan fingerprint density at radius 3 is 3.23 bits per heavy atom. The third-order valence-corrected chi connectivity index (χ3v) is 1.41. The van der Waals surface area contributed by atoms with Crippen LogP contribution in [0.25, 0.3) is 0 Å². The van der Waals surface area contributed by atoms with E-state index < -0.39 is 0 Å². The summed E-state index contributed by atoms with van der Waals surface area (Å²) in [6.07, 6.45) is 6.75. The van der Waals surface area contributed by atoms with E-state index in [0.717, 1.165) is 18.1 Å². The number of anilines is 1. The smallest absolute Gasteiger partial charge is 0.148 e. The van der Waals surface area contributed by atoms with E-state index in [-0.39, 0.29) is 6.61 Å². The first-order valence-electron chi connectivity index (χ1n) is 4.13. The Morgan fingerprint density at radius 2 is 2.54 bits per heavy atom. The van der Waals surface area contributed by atoms with Gasteiger partial charge in [-0.25, -0.2) is 4.98 Å². The van der Waals surface area contributed by atoms with Crippen molar-refractivity contribution in [1.29, 1.82) is 0 Å². The zero-order chi connectivity index (χ0) is 9.52. The minimum atomic E-state index is 0.287. The highest BCUT2D eigenvalue weighted by Gasteiger charge is 1.95. The standard InChI is InChI=1S/C10H12N2O/c1-3-7-13-9-5-6-12-10(8-9)11-4-2/h1,5-6,8H,4,7H2,2H3,(H,11,12). The van der Waals surface area contributed by atoms with Gasteiger partial charge in [0.1, 0.15) is 18.2 Å². The molecule has 68 valence electrons. The molecule has 0 aliphatic carbocycles. The van der Waals surface area contributed by atoms with Crippen LogP contribution in [0, 0.1) is 12.3 Å². The first kappa shape index (κ1) is 9.40. The van der Waals surface area contributed by atoms with Gasteiger partial charge in [-0.1, -0.05) is 5.92 Å². The van der Waals surface area contributed by atoms with E-state index in [0.29, 0.717) is 0 Å². The van der Waals surface area contributed by atoms with Crippen molar-refractivity contribution in [2.45, 2.75) is 6.92 Å². The predicted octanol–water partition coefficient (Wildman–Crippen LogP) is 1.53. The molecule has 3 nitrogen and oxygen atoms in total. The van der Waals surface area contributed by atoms with E-state index >= 15 is 0 Å². The molecular weight excluding hydrogens is 164 g/mol. The first-order valence-corrected chi connectivity index (χ1v) is 4.13. The fourth-order valence-electron chi connectivity index (χ4n) is 0.904. The van der Waals surface area contributed by atoms with Crippen LogP contribution < -0.4 is 10.1 Å². The number of hydrogen-bond acceptors (Lipinski definition) is 3. The molecule has 0 radical (unpaired) electrons. The van der Waals surface area contributed by atoms with Gasteiger partial charge in [-0.15, -0.1) is 6.42 Å². The second-order valence-corrected chi connectivity index (χ2v) is 2.40. The number of terminal acetylenes is 1. The van der Waals surface area contributed by atoms with E-state index in [2.05, 4.69) is 16.2 Å². The fourth-order valence-corrected chi connectivity index (χ4v) is 0.904. The molecule has 1 aromatic rings. The van der Waals surface area contributed by atoms with Gasteiger partial charge < -0.3 is 10.1 Å². The second-order valence-electron chi connectivity index (χ2n) is 2.40. The van der Waals surface area contributed by atoms with Crippen molar-refractivity contribution in [2.75, 3.05) is 18.5 Å². The van der Waals surface area contributed by atoms with Crippen molar-refractivity contribution < 1.29 is 4.74 Å². The summed E-state index contributed by atoms with van der Waals surface area (Å²) in [7, 11) is 0. The largest absolute Gasteiger partial charge is 0.481 e. The molecule has 13 heavy (non-hydrogen) atoms. The average Bonchev–Trinajstić information content (AvgIpc) is 2.16. The maximum Gasteiger partial charge on any atom is 0.148 e. The molecule has 0 fully saturated rings. The quantitative estimate of drug-likeness (QED) is 0.706. The lowest BCUT2D eigenvalue weighted by Gasteiger charge is -2.04. The highest BCUT2D eigenvalue weighted by molar-refractivity contribution is 5.40. The number of hydrogen-bond donors (Lipinski definition) is 1. The van der Waals surface area contributed by atoms with Crippen LogP contribution in [-0.4, -0.2) is 18.1 Å². The van der Waals surface area contributed by atoms with Crippen LogP contribution in [0.15, 0.2) is 18.3 Å². The Hall–Kier alpha value is -1.69. The van der Waals surface area contributed by atoms with Crippen molar-refractivity contribution >= 4 is 5.82 Å². The number of nitrogens with one attached hydrogen (secondary N) is 1. The van der Waals surface area contributed by atoms with Crippen LogP contribution in [-0.2, 0) is 0 Å². The zero-order valence-corrected chi connectivity index (χ0v) is 7.58. The Labute approximate surface area is 78.1 Å². The van der Waals surface area contributed by atoms with Crippen molar-refractivity contribution in [2.24, 2.45) is 0 Å². The van der Waals surface area contributed by atoms with Crippen LogP contribution in [0.2, 0.25) is 0 Å². The molecule has 0 bridgehead atoms. The average molecular weight is 176 g/mol. The van der Waals surface area contributed by atoms with Crippen molar-refractivity contribution in [1.82, 2.24) is 4.98 Å². The molecule has 0 atom stereocenters. The number of nitrogens with zero attached hydrogens (tertiary/aromatic N) is 1. The Bertz CT molecular complexity index is 304. The molecule has 1 rings (SSSR count). The van der Waals surface area contributed by atoms with Gasteiger partial charge in [-0.3, -0.25) is 0 Å². The van der Waals surface area contributed by atoms with Gasteiger partial charge in [-0.05, 0) is 13.0 Å². The second kappa shape index (κ2) is 5.04. The number of pyridine rings is 1. The minimum absolute atomic E-state index is 0.287. The normalized spacial score (nSPS) is 8.92. The third kappa shape index (κ3) is 3.04. The summed E-state index contributed by atoms with van der Waals surface area (Å²) in [5.41, 5.74) is 0. The molecule has 0 spiro atoms. The molecule has 0 aliphatic rings. The lowest BCUT2D eigenvalue weighted by molar-refractivity contribution is 0.370. The predicted molar refractivity (Wildman–Crippen MR) is 52.7 cm³/mol. The highest BCUT2D eigenvalue weighted by atomic mass is 16.5. The summed E-state index contributed by atoms with van der Waals surface area (Å²) in [5.74, 6) is 3.95. The Kier molecular flexibility index (Phi) is 3.65. The van der Waals surface area contributed by atoms with Gasteiger partial charge in [-0.2, -0.15) is 0 Å². The minimum Gasteiger partial charge on any atom is -0.481 e. The zero-order valence-electron chi connectivity index (χ0n) is 7.58. The highest BCUT2D eigenvalue weighted by Crippen LogP contribution is 2.13. The first-order chi connectivity index (χ1) is 6.36. The molecular formula is C10H12N2O. The van der Waals surface area contributed by atoms with E-state index in [1.54, 1.807) is 12.3 Å². The summed E-state index contributed by atoms with van der Waals surface area (Å²) < 4.78 is 5.23. The van der Waals surface area contributed by atoms with Crippen molar-refractivity contribution in [3.8, 4) is 18.1 Å². The van der Waals surface area contributed by atoms with Gasteiger partial charge in [0.2, 0.25) is 0 Å². The van der Waals surface area contributed by atoms with E-state index in [9.17, 15) is 0 Å². The number of aromatic nitrogens is 1. The number of rotatable bonds is 4. The molecule has 0 unspecified atom stereocenters. The lowest BCUT2D eigenvalue weighted by Crippen LogP contribution is -2.00. The van der Waals surface area contributed by atoms with Crippen molar-refractivity contribution in [3.63, 3.8) is 0 Å². The number of ether oxygens (including phenoxy) is 1.